The van der Waals surface area contributed by atoms with Gasteiger partial charge in [0.25, 0.3) is 0 Å². The molecule has 28 heavy (non-hydrogen) atoms. The lowest BCUT2D eigenvalue weighted by Gasteiger charge is -2.22. The van der Waals surface area contributed by atoms with Gasteiger partial charge in [-0.05, 0) is 24.3 Å². The highest BCUT2D eigenvalue weighted by Gasteiger charge is 2.50. The van der Waals surface area contributed by atoms with E-state index in [2.05, 4.69) is 12.1 Å². The first-order chi connectivity index (χ1) is 13.8. The number of nitrogens with zero attached hydrogens (tertiary/aromatic N) is 2. The Labute approximate surface area is 162 Å². The van der Waals surface area contributed by atoms with Crippen molar-refractivity contribution in [1.82, 2.24) is 0 Å². The van der Waals surface area contributed by atoms with Gasteiger partial charge in [-0.25, -0.2) is 0 Å². The lowest BCUT2D eigenvalue weighted by atomic mass is 10.1. The van der Waals surface area contributed by atoms with Gasteiger partial charge in [-0.3, -0.25) is 0 Å². The summed E-state index contributed by atoms with van der Waals surface area (Å²) in [6, 6.07) is 11.3. The van der Waals surface area contributed by atoms with Gasteiger partial charge < -0.3 is 27.8 Å². The maximum atomic E-state index is 9.09. The van der Waals surface area contributed by atoms with Crippen molar-refractivity contribution in [2.75, 3.05) is 13.2 Å². The zero-order valence-electron chi connectivity index (χ0n) is 15.1. The number of hydrogen-bond donors (Lipinski definition) is 0. The normalized spacial score (nSPS) is 28.4. The summed E-state index contributed by atoms with van der Waals surface area (Å²) in [7, 11) is 0. The van der Waals surface area contributed by atoms with Crippen LogP contribution < -0.4 is 0 Å². The van der Waals surface area contributed by atoms with E-state index in [-0.39, 0.29) is 37.3 Å². The van der Waals surface area contributed by atoms with E-state index in [1.807, 2.05) is 0 Å². The molecule has 0 amide bonds. The summed E-state index contributed by atoms with van der Waals surface area (Å²) in [5, 5.41) is 18.2. The maximum Gasteiger partial charge on any atom is 0.133 e. The largest absolute Gasteiger partial charge is 0.467 e. The Kier molecular flexibility index (Phi) is 5.75. The molecule has 0 spiro atoms. The fraction of sp³-hybridized carbons (Fsp3) is 0.500. The van der Waals surface area contributed by atoms with E-state index in [1.165, 1.54) is 0 Å². The summed E-state index contributed by atoms with van der Waals surface area (Å²) >= 11 is 0. The van der Waals surface area contributed by atoms with Gasteiger partial charge in [0.1, 0.15) is 48.1 Å². The second-order valence-electron chi connectivity index (χ2n) is 6.68. The fourth-order valence-corrected chi connectivity index (χ4v) is 3.63. The van der Waals surface area contributed by atoms with E-state index < -0.39 is 12.2 Å². The van der Waals surface area contributed by atoms with Crippen molar-refractivity contribution in [2.24, 2.45) is 0 Å². The smallest absolute Gasteiger partial charge is 0.133 e. The van der Waals surface area contributed by atoms with Crippen LogP contribution in [0.4, 0.5) is 0 Å². The van der Waals surface area contributed by atoms with E-state index in [9.17, 15) is 0 Å². The van der Waals surface area contributed by atoms with Crippen molar-refractivity contribution in [3.63, 3.8) is 0 Å². The molecule has 2 fully saturated rings. The number of furan rings is 2. The molecule has 2 aromatic heterocycles. The van der Waals surface area contributed by atoms with Gasteiger partial charge in [0.2, 0.25) is 0 Å². The molecule has 2 saturated heterocycles. The third kappa shape index (κ3) is 3.82. The summed E-state index contributed by atoms with van der Waals surface area (Å²) in [6.07, 6.45) is 1.21. The summed E-state index contributed by atoms with van der Waals surface area (Å²) in [5.74, 6) is 1.20. The Bertz CT molecular complexity index is 752. The van der Waals surface area contributed by atoms with Crippen LogP contribution in [-0.2, 0) is 18.9 Å². The molecule has 146 valence electrons. The minimum atomic E-state index is -0.481. The van der Waals surface area contributed by atoms with Crippen LogP contribution in [0.5, 0.6) is 0 Å². The molecule has 8 heteroatoms. The van der Waals surface area contributed by atoms with Gasteiger partial charge in [-0.1, -0.05) is 0 Å². The lowest BCUT2D eigenvalue weighted by molar-refractivity contribution is -0.0923. The number of ether oxygens (including phenoxy) is 4. The summed E-state index contributed by atoms with van der Waals surface area (Å²) in [5.41, 5.74) is 0. The first-order valence-corrected chi connectivity index (χ1v) is 9.15. The Hall–Kier alpha value is -2.62. The van der Waals surface area contributed by atoms with Crippen molar-refractivity contribution in [1.29, 1.82) is 10.5 Å². The third-order valence-corrected chi connectivity index (χ3v) is 4.92. The standard InChI is InChI=1S/C20H20N2O6/c21-7-5-15(13-3-1-9-23-13)27-17-11-25-20-18(12-26-19(17)20)28-16(6-8-22)14-4-2-10-24-14/h1-4,9-10,15-20H,5-6,11-12H2/t15?,16?,17-,18-,19?,20?/m1/s1. The second-order valence-corrected chi connectivity index (χ2v) is 6.68. The molecule has 4 unspecified atom stereocenters. The molecule has 4 rings (SSSR count). The van der Waals surface area contributed by atoms with Gasteiger partial charge in [0.05, 0.1) is 50.7 Å². The highest BCUT2D eigenvalue weighted by molar-refractivity contribution is 5.07. The van der Waals surface area contributed by atoms with Crippen molar-refractivity contribution in [3.8, 4) is 12.1 Å². The molecule has 2 aliphatic heterocycles. The highest BCUT2D eigenvalue weighted by atomic mass is 16.6. The van der Waals surface area contributed by atoms with E-state index >= 15 is 0 Å². The van der Waals surface area contributed by atoms with Crippen LogP contribution in [0.15, 0.2) is 45.6 Å². The lowest BCUT2D eigenvalue weighted by Crippen LogP contribution is -2.35. The van der Waals surface area contributed by atoms with Gasteiger partial charge in [-0.2, -0.15) is 10.5 Å². The van der Waals surface area contributed by atoms with Crippen LogP contribution in [-0.4, -0.2) is 37.6 Å². The summed E-state index contributed by atoms with van der Waals surface area (Å²) in [6.45, 7) is 0.670. The maximum absolute atomic E-state index is 9.09. The highest BCUT2D eigenvalue weighted by Crippen LogP contribution is 2.36. The first-order valence-electron chi connectivity index (χ1n) is 9.15. The Balaban J connectivity index is 1.40. The van der Waals surface area contributed by atoms with Crippen molar-refractivity contribution < 1.29 is 27.8 Å². The molecule has 0 bridgehead atoms. The average Bonchev–Trinajstić information content (AvgIpc) is 3.48. The number of rotatable bonds is 8. The number of fused-ring (bicyclic) bond motifs is 1. The molecule has 2 aromatic rings. The zero-order valence-corrected chi connectivity index (χ0v) is 15.1. The average molecular weight is 384 g/mol. The van der Waals surface area contributed by atoms with Crippen molar-refractivity contribution in [2.45, 2.75) is 49.5 Å². The molecule has 0 aliphatic carbocycles. The topological polar surface area (TPSA) is 111 Å². The van der Waals surface area contributed by atoms with Gasteiger partial charge in [0, 0.05) is 0 Å². The monoisotopic (exact) mass is 384 g/mol. The van der Waals surface area contributed by atoms with Crippen molar-refractivity contribution >= 4 is 0 Å². The van der Waals surface area contributed by atoms with E-state index in [1.54, 1.807) is 36.8 Å². The molecule has 2 aliphatic rings. The molecule has 0 saturated carbocycles. The molecule has 0 aromatic carbocycles. The van der Waals surface area contributed by atoms with Crippen molar-refractivity contribution in [3.05, 3.63) is 48.3 Å². The quantitative estimate of drug-likeness (QED) is 0.683. The van der Waals surface area contributed by atoms with Crippen LogP contribution in [0.1, 0.15) is 36.6 Å². The van der Waals surface area contributed by atoms with Crippen LogP contribution in [0.25, 0.3) is 0 Å². The summed E-state index contributed by atoms with van der Waals surface area (Å²) < 4.78 is 34.7. The minimum absolute atomic E-state index is 0.171. The van der Waals surface area contributed by atoms with Crippen LogP contribution in [0.2, 0.25) is 0 Å². The molecule has 4 heterocycles. The third-order valence-electron chi connectivity index (χ3n) is 4.92. The van der Waals surface area contributed by atoms with E-state index in [0.29, 0.717) is 24.7 Å². The van der Waals surface area contributed by atoms with E-state index in [4.69, 9.17) is 38.3 Å². The van der Waals surface area contributed by atoms with Crippen LogP contribution in [0, 0.1) is 22.7 Å². The number of hydrogen-bond acceptors (Lipinski definition) is 8. The Morgan fingerprint density at radius 2 is 1.32 bits per heavy atom. The number of nitriles is 2. The van der Waals surface area contributed by atoms with Crippen LogP contribution in [0.3, 0.4) is 0 Å². The molecular weight excluding hydrogens is 364 g/mol. The van der Waals surface area contributed by atoms with Gasteiger partial charge >= 0.3 is 0 Å². The molecule has 8 nitrogen and oxygen atoms in total. The van der Waals surface area contributed by atoms with E-state index in [0.717, 1.165) is 0 Å². The molecule has 0 radical (unpaired) electrons. The summed E-state index contributed by atoms with van der Waals surface area (Å²) in [4.78, 5) is 0. The predicted octanol–water partition coefficient (Wildman–Crippen LogP) is 3.05. The Morgan fingerprint density at radius 1 is 0.857 bits per heavy atom. The molecular formula is C20H20N2O6. The molecule has 6 atom stereocenters. The second kappa shape index (κ2) is 8.59. The Morgan fingerprint density at radius 3 is 1.68 bits per heavy atom. The SMILES string of the molecule is N#CCC(O[C@@H]1COC2C1OC[C@H]2OC(CC#N)c1ccco1)c1ccco1. The zero-order chi connectivity index (χ0) is 19.3. The van der Waals surface area contributed by atoms with Gasteiger partial charge in [0.15, 0.2) is 0 Å². The van der Waals surface area contributed by atoms with Gasteiger partial charge in [-0.15, -0.1) is 0 Å². The predicted molar refractivity (Wildman–Crippen MR) is 92.6 cm³/mol. The first kappa shape index (κ1) is 18.7. The van der Waals surface area contributed by atoms with Crippen LogP contribution >= 0.6 is 0 Å². The molecule has 0 N–H and O–H groups in total. The minimum Gasteiger partial charge on any atom is -0.467 e. The fourth-order valence-electron chi connectivity index (χ4n) is 3.63.